The maximum atomic E-state index is 11.3. The number of pyridine rings is 1. The standard InChI is InChI=1S/C15H23N3O2S/c1-5-7-14-17-13-10-16-12(3)11(2)15(13)18(14)8-6-9-21(4,19)20/h10H,5-9H2,1-4H3. The minimum Gasteiger partial charge on any atom is -0.328 e. The fraction of sp³-hybridized carbons (Fsp3) is 0.600. The monoisotopic (exact) mass is 309 g/mol. The van der Waals surface area contributed by atoms with E-state index in [0.717, 1.165) is 41.0 Å². The number of aromatic nitrogens is 3. The molecule has 0 spiro atoms. The predicted octanol–water partition coefficient (Wildman–Crippen LogP) is 2.44. The molecule has 0 atom stereocenters. The number of hydrogen-bond acceptors (Lipinski definition) is 4. The van der Waals surface area contributed by atoms with Crippen LogP contribution in [0.3, 0.4) is 0 Å². The lowest BCUT2D eigenvalue weighted by atomic mass is 10.2. The fourth-order valence-electron chi connectivity index (χ4n) is 2.57. The summed E-state index contributed by atoms with van der Waals surface area (Å²) in [5.41, 5.74) is 4.12. The van der Waals surface area contributed by atoms with Gasteiger partial charge in [-0.1, -0.05) is 6.92 Å². The number of fused-ring (bicyclic) bond motifs is 1. The fourth-order valence-corrected chi connectivity index (χ4v) is 3.22. The summed E-state index contributed by atoms with van der Waals surface area (Å²) in [6.45, 7) is 6.84. The Morgan fingerprint density at radius 2 is 2.00 bits per heavy atom. The van der Waals surface area contributed by atoms with Crippen LogP contribution in [0.1, 0.15) is 36.8 Å². The van der Waals surface area contributed by atoms with E-state index >= 15 is 0 Å². The molecule has 21 heavy (non-hydrogen) atoms. The number of nitrogens with zero attached hydrogens (tertiary/aromatic N) is 3. The van der Waals surface area contributed by atoms with Crippen LogP contribution in [0.5, 0.6) is 0 Å². The Bertz CT molecular complexity index is 748. The van der Waals surface area contributed by atoms with Gasteiger partial charge < -0.3 is 4.57 Å². The van der Waals surface area contributed by atoms with Crippen molar-refractivity contribution in [1.29, 1.82) is 0 Å². The molecule has 0 saturated carbocycles. The molecule has 6 heteroatoms. The Kier molecular flexibility index (Phi) is 4.66. The second-order valence-corrected chi connectivity index (χ2v) is 7.88. The Morgan fingerprint density at radius 1 is 1.29 bits per heavy atom. The summed E-state index contributed by atoms with van der Waals surface area (Å²) in [6.07, 6.45) is 5.61. The average Bonchev–Trinajstić information content (AvgIpc) is 2.72. The molecule has 0 fully saturated rings. The van der Waals surface area contributed by atoms with E-state index in [0.29, 0.717) is 13.0 Å². The molecular formula is C15H23N3O2S. The Balaban J connectivity index is 2.42. The summed E-state index contributed by atoms with van der Waals surface area (Å²) >= 11 is 0. The molecule has 0 bridgehead atoms. The van der Waals surface area contributed by atoms with Crippen molar-refractivity contribution in [2.45, 2.75) is 46.6 Å². The molecule has 116 valence electrons. The largest absolute Gasteiger partial charge is 0.328 e. The molecule has 2 heterocycles. The van der Waals surface area contributed by atoms with Crippen LogP contribution in [-0.4, -0.2) is 35.0 Å². The molecule has 0 aliphatic rings. The average molecular weight is 309 g/mol. The molecule has 0 N–H and O–H groups in total. The van der Waals surface area contributed by atoms with Gasteiger partial charge in [-0.2, -0.15) is 0 Å². The first-order valence-electron chi connectivity index (χ1n) is 7.32. The smallest absolute Gasteiger partial charge is 0.147 e. The summed E-state index contributed by atoms with van der Waals surface area (Å²) in [6, 6.07) is 0. The molecule has 0 amide bonds. The van der Waals surface area contributed by atoms with Crippen molar-refractivity contribution in [2.75, 3.05) is 12.0 Å². The van der Waals surface area contributed by atoms with Crippen molar-refractivity contribution >= 4 is 20.9 Å². The minimum atomic E-state index is -2.92. The van der Waals surface area contributed by atoms with Gasteiger partial charge in [0.25, 0.3) is 0 Å². The van der Waals surface area contributed by atoms with E-state index in [2.05, 4.69) is 28.4 Å². The summed E-state index contributed by atoms with van der Waals surface area (Å²) in [5, 5.41) is 0. The second-order valence-electron chi connectivity index (χ2n) is 5.62. The highest BCUT2D eigenvalue weighted by atomic mass is 32.2. The number of hydrogen-bond donors (Lipinski definition) is 0. The Labute approximate surface area is 126 Å². The first-order valence-corrected chi connectivity index (χ1v) is 9.38. The van der Waals surface area contributed by atoms with Crippen LogP contribution in [-0.2, 0) is 22.8 Å². The van der Waals surface area contributed by atoms with Gasteiger partial charge in [-0.15, -0.1) is 0 Å². The van der Waals surface area contributed by atoms with Crippen molar-refractivity contribution in [2.24, 2.45) is 0 Å². The van der Waals surface area contributed by atoms with Crippen LogP contribution in [0.15, 0.2) is 6.20 Å². The van der Waals surface area contributed by atoms with E-state index in [9.17, 15) is 8.42 Å². The van der Waals surface area contributed by atoms with Gasteiger partial charge in [0.05, 0.1) is 17.5 Å². The number of aryl methyl sites for hydroxylation is 4. The van der Waals surface area contributed by atoms with Crippen LogP contribution < -0.4 is 0 Å². The third kappa shape index (κ3) is 3.61. The Morgan fingerprint density at radius 3 is 2.62 bits per heavy atom. The van der Waals surface area contributed by atoms with Gasteiger partial charge in [-0.05, 0) is 32.3 Å². The topological polar surface area (TPSA) is 64.8 Å². The minimum absolute atomic E-state index is 0.210. The lowest BCUT2D eigenvalue weighted by molar-refractivity contribution is 0.589. The molecule has 0 unspecified atom stereocenters. The third-order valence-corrected chi connectivity index (χ3v) is 4.75. The molecule has 0 radical (unpaired) electrons. The zero-order valence-electron chi connectivity index (χ0n) is 13.2. The Hall–Kier alpha value is -1.43. The van der Waals surface area contributed by atoms with Crippen LogP contribution in [0.2, 0.25) is 0 Å². The highest BCUT2D eigenvalue weighted by Gasteiger charge is 2.14. The highest BCUT2D eigenvalue weighted by molar-refractivity contribution is 7.90. The lowest BCUT2D eigenvalue weighted by Gasteiger charge is -2.10. The lowest BCUT2D eigenvalue weighted by Crippen LogP contribution is -2.10. The van der Waals surface area contributed by atoms with Gasteiger partial charge in [-0.3, -0.25) is 4.98 Å². The molecule has 2 aromatic rings. The number of rotatable bonds is 6. The maximum Gasteiger partial charge on any atom is 0.147 e. The summed E-state index contributed by atoms with van der Waals surface area (Å²) in [7, 11) is -2.92. The van der Waals surface area contributed by atoms with Gasteiger partial charge in [0.2, 0.25) is 0 Å². The number of imidazole rings is 1. The van der Waals surface area contributed by atoms with E-state index in [-0.39, 0.29) is 5.75 Å². The number of sulfone groups is 1. The van der Waals surface area contributed by atoms with Crippen molar-refractivity contribution in [3.8, 4) is 0 Å². The first-order chi connectivity index (χ1) is 9.83. The van der Waals surface area contributed by atoms with E-state index in [1.807, 2.05) is 13.1 Å². The summed E-state index contributed by atoms with van der Waals surface area (Å²) < 4.78 is 24.8. The van der Waals surface area contributed by atoms with E-state index in [4.69, 9.17) is 0 Å². The van der Waals surface area contributed by atoms with Crippen molar-refractivity contribution in [1.82, 2.24) is 14.5 Å². The SMILES string of the molecule is CCCc1nc2cnc(C)c(C)c2n1CCCS(C)(=O)=O. The van der Waals surface area contributed by atoms with Crippen LogP contribution in [0, 0.1) is 13.8 Å². The van der Waals surface area contributed by atoms with Crippen molar-refractivity contribution < 1.29 is 8.42 Å². The van der Waals surface area contributed by atoms with Gasteiger partial charge in [0.1, 0.15) is 21.2 Å². The molecule has 0 aromatic carbocycles. The van der Waals surface area contributed by atoms with Crippen LogP contribution >= 0.6 is 0 Å². The predicted molar refractivity (Wildman–Crippen MR) is 85.3 cm³/mol. The highest BCUT2D eigenvalue weighted by Crippen LogP contribution is 2.22. The third-order valence-electron chi connectivity index (χ3n) is 3.72. The summed E-state index contributed by atoms with van der Waals surface area (Å²) in [4.78, 5) is 9.04. The van der Waals surface area contributed by atoms with E-state index in [1.54, 1.807) is 0 Å². The van der Waals surface area contributed by atoms with Crippen LogP contribution in [0.25, 0.3) is 11.0 Å². The van der Waals surface area contributed by atoms with Crippen molar-refractivity contribution in [3.63, 3.8) is 0 Å². The summed E-state index contributed by atoms with van der Waals surface area (Å²) in [5.74, 6) is 1.23. The molecule has 2 rings (SSSR count). The van der Waals surface area contributed by atoms with Gasteiger partial charge in [-0.25, -0.2) is 13.4 Å². The van der Waals surface area contributed by atoms with Gasteiger partial charge >= 0.3 is 0 Å². The zero-order valence-corrected chi connectivity index (χ0v) is 14.0. The normalized spacial score (nSPS) is 12.2. The van der Waals surface area contributed by atoms with Gasteiger partial charge in [0, 0.05) is 24.9 Å². The van der Waals surface area contributed by atoms with E-state index < -0.39 is 9.84 Å². The second kappa shape index (κ2) is 6.13. The molecule has 2 aromatic heterocycles. The molecule has 0 aliphatic carbocycles. The molecule has 0 aliphatic heterocycles. The molecule has 0 saturated heterocycles. The van der Waals surface area contributed by atoms with Crippen molar-refractivity contribution in [3.05, 3.63) is 23.3 Å². The quantitative estimate of drug-likeness (QED) is 0.822. The first kappa shape index (κ1) is 15.9. The zero-order chi connectivity index (χ0) is 15.6. The maximum absolute atomic E-state index is 11.3. The molecule has 5 nitrogen and oxygen atoms in total. The van der Waals surface area contributed by atoms with Gasteiger partial charge in [0.15, 0.2) is 0 Å². The molecular weight excluding hydrogens is 286 g/mol. The van der Waals surface area contributed by atoms with Crippen LogP contribution in [0.4, 0.5) is 0 Å². The van der Waals surface area contributed by atoms with E-state index in [1.165, 1.54) is 6.26 Å².